The molecule has 0 aliphatic carbocycles. The van der Waals surface area contributed by atoms with E-state index in [1.54, 1.807) is 6.92 Å². The Balaban J connectivity index is 2.91. The summed E-state index contributed by atoms with van der Waals surface area (Å²) < 4.78 is 62.9. The second-order valence-corrected chi connectivity index (χ2v) is 3.90. The Hall–Kier alpha value is -1.17. The third kappa shape index (κ3) is 3.94. The van der Waals surface area contributed by atoms with Gasteiger partial charge in [-0.05, 0) is 18.5 Å². The van der Waals surface area contributed by atoms with Crippen LogP contribution in [0.4, 0.5) is 22.0 Å². The largest absolute Gasteiger partial charge is 0.407 e. The molecule has 0 aliphatic rings. The SMILES string of the molecule is CCCNC(c1ccc(C(F)F)cc1)C(F)(F)F. The summed E-state index contributed by atoms with van der Waals surface area (Å²) in [5.74, 6) is 0. The number of nitrogens with one attached hydrogen (secondary N) is 1. The lowest BCUT2D eigenvalue weighted by atomic mass is 10.0. The molecule has 0 spiro atoms. The topological polar surface area (TPSA) is 12.0 Å². The van der Waals surface area contributed by atoms with Crippen molar-refractivity contribution in [3.8, 4) is 0 Å². The van der Waals surface area contributed by atoms with Gasteiger partial charge in [0.1, 0.15) is 6.04 Å². The van der Waals surface area contributed by atoms with Crippen molar-refractivity contribution in [3.05, 3.63) is 35.4 Å². The smallest absolute Gasteiger partial charge is 0.302 e. The highest BCUT2D eigenvalue weighted by Gasteiger charge is 2.40. The Morgan fingerprint density at radius 1 is 1.06 bits per heavy atom. The number of benzene rings is 1. The van der Waals surface area contributed by atoms with Crippen LogP contribution in [0.1, 0.15) is 36.9 Å². The monoisotopic (exact) mass is 267 g/mol. The molecule has 0 radical (unpaired) electrons. The van der Waals surface area contributed by atoms with Gasteiger partial charge in [-0.3, -0.25) is 0 Å². The van der Waals surface area contributed by atoms with Gasteiger partial charge in [0, 0.05) is 5.56 Å². The minimum absolute atomic E-state index is 0.0552. The van der Waals surface area contributed by atoms with E-state index in [2.05, 4.69) is 5.32 Å². The molecule has 0 aromatic heterocycles. The molecule has 0 saturated heterocycles. The van der Waals surface area contributed by atoms with Gasteiger partial charge in [-0.15, -0.1) is 0 Å². The zero-order valence-electron chi connectivity index (χ0n) is 9.77. The molecule has 1 atom stereocenters. The zero-order valence-corrected chi connectivity index (χ0v) is 9.77. The molecular formula is C12H14F5N. The fourth-order valence-corrected chi connectivity index (χ4v) is 1.55. The van der Waals surface area contributed by atoms with Gasteiger partial charge in [-0.2, -0.15) is 13.2 Å². The lowest BCUT2D eigenvalue weighted by Gasteiger charge is -2.22. The molecule has 0 amide bonds. The van der Waals surface area contributed by atoms with Crippen LogP contribution in [0.2, 0.25) is 0 Å². The summed E-state index contributed by atoms with van der Waals surface area (Å²) in [5.41, 5.74) is -0.337. The predicted molar refractivity (Wildman–Crippen MR) is 58.5 cm³/mol. The van der Waals surface area contributed by atoms with Crippen molar-refractivity contribution in [2.24, 2.45) is 0 Å². The molecular weight excluding hydrogens is 253 g/mol. The quantitative estimate of drug-likeness (QED) is 0.787. The number of alkyl halides is 5. The molecule has 1 unspecified atom stereocenters. The standard InChI is InChI=1S/C12H14F5N/c1-2-7-18-10(12(15,16)17)8-3-5-9(6-4-8)11(13)14/h3-6,10-11,18H,2,7H2,1H3. The van der Waals surface area contributed by atoms with E-state index in [-0.39, 0.29) is 17.7 Å². The van der Waals surface area contributed by atoms with Crippen LogP contribution in [-0.4, -0.2) is 12.7 Å². The van der Waals surface area contributed by atoms with Gasteiger partial charge in [-0.1, -0.05) is 31.2 Å². The van der Waals surface area contributed by atoms with Crippen molar-refractivity contribution in [2.75, 3.05) is 6.54 Å². The summed E-state index contributed by atoms with van der Waals surface area (Å²) >= 11 is 0. The summed E-state index contributed by atoms with van der Waals surface area (Å²) in [6.45, 7) is 1.96. The lowest BCUT2D eigenvalue weighted by Crippen LogP contribution is -2.34. The van der Waals surface area contributed by atoms with Crippen LogP contribution in [0, 0.1) is 0 Å². The van der Waals surface area contributed by atoms with Crippen molar-refractivity contribution in [1.82, 2.24) is 5.32 Å². The molecule has 102 valence electrons. The third-order valence-electron chi connectivity index (χ3n) is 2.45. The van der Waals surface area contributed by atoms with E-state index in [1.165, 1.54) is 0 Å². The maximum atomic E-state index is 12.8. The minimum Gasteiger partial charge on any atom is -0.302 e. The maximum absolute atomic E-state index is 12.8. The summed E-state index contributed by atoms with van der Waals surface area (Å²) in [5, 5.41) is 2.36. The minimum atomic E-state index is -4.44. The Kier molecular flexibility index (Phi) is 5.07. The molecule has 0 heterocycles. The molecule has 6 heteroatoms. The maximum Gasteiger partial charge on any atom is 0.407 e. The Morgan fingerprint density at radius 3 is 1.94 bits per heavy atom. The molecule has 1 N–H and O–H groups in total. The van der Waals surface area contributed by atoms with Crippen LogP contribution >= 0.6 is 0 Å². The Morgan fingerprint density at radius 2 is 1.56 bits per heavy atom. The molecule has 0 saturated carbocycles. The number of halogens is 5. The summed E-state index contributed by atoms with van der Waals surface area (Å²) in [4.78, 5) is 0. The first-order chi connectivity index (χ1) is 8.36. The number of rotatable bonds is 5. The van der Waals surface area contributed by atoms with Crippen molar-refractivity contribution < 1.29 is 22.0 Å². The van der Waals surface area contributed by atoms with Gasteiger partial charge in [0.05, 0.1) is 0 Å². The number of hydrogen-bond acceptors (Lipinski definition) is 1. The van der Waals surface area contributed by atoms with E-state index >= 15 is 0 Å². The highest BCUT2D eigenvalue weighted by atomic mass is 19.4. The van der Waals surface area contributed by atoms with Crippen LogP contribution in [-0.2, 0) is 0 Å². The van der Waals surface area contributed by atoms with Gasteiger partial charge in [0.15, 0.2) is 0 Å². The second kappa shape index (κ2) is 6.13. The highest BCUT2D eigenvalue weighted by molar-refractivity contribution is 5.26. The van der Waals surface area contributed by atoms with E-state index in [4.69, 9.17) is 0 Å². The fourth-order valence-electron chi connectivity index (χ4n) is 1.55. The fraction of sp³-hybridized carbons (Fsp3) is 0.500. The first-order valence-corrected chi connectivity index (χ1v) is 5.54. The molecule has 0 fully saturated rings. The van der Waals surface area contributed by atoms with Crippen molar-refractivity contribution in [1.29, 1.82) is 0 Å². The normalized spacial score (nSPS) is 13.9. The first-order valence-electron chi connectivity index (χ1n) is 5.54. The van der Waals surface area contributed by atoms with Gasteiger partial charge >= 0.3 is 6.18 Å². The average molecular weight is 267 g/mol. The molecule has 1 rings (SSSR count). The van der Waals surface area contributed by atoms with E-state index in [1.807, 2.05) is 0 Å². The van der Waals surface area contributed by atoms with Gasteiger partial charge in [0.2, 0.25) is 0 Å². The second-order valence-electron chi connectivity index (χ2n) is 3.90. The van der Waals surface area contributed by atoms with Crippen molar-refractivity contribution in [2.45, 2.75) is 32.0 Å². The molecule has 0 bridgehead atoms. The summed E-state index contributed by atoms with van der Waals surface area (Å²) in [7, 11) is 0. The van der Waals surface area contributed by atoms with E-state index in [0.717, 1.165) is 24.3 Å². The van der Waals surface area contributed by atoms with Crippen molar-refractivity contribution in [3.63, 3.8) is 0 Å². The summed E-state index contributed by atoms with van der Waals surface area (Å²) in [6.07, 6.45) is -6.56. The summed E-state index contributed by atoms with van der Waals surface area (Å²) in [6, 6.07) is 2.40. The van der Waals surface area contributed by atoms with E-state index in [0.29, 0.717) is 6.42 Å². The van der Waals surface area contributed by atoms with E-state index in [9.17, 15) is 22.0 Å². The Labute approximate surface area is 102 Å². The van der Waals surface area contributed by atoms with Gasteiger partial charge in [-0.25, -0.2) is 8.78 Å². The van der Waals surface area contributed by atoms with Gasteiger partial charge in [0.25, 0.3) is 6.43 Å². The van der Waals surface area contributed by atoms with Crippen LogP contribution in [0.25, 0.3) is 0 Å². The van der Waals surface area contributed by atoms with Crippen LogP contribution in [0.5, 0.6) is 0 Å². The molecule has 0 aliphatic heterocycles. The highest BCUT2D eigenvalue weighted by Crippen LogP contribution is 2.33. The van der Waals surface area contributed by atoms with E-state index < -0.39 is 18.6 Å². The molecule has 1 aromatic carbocycles. The van der Waals surface area contributed by atoms with Crippen LogP contribution in [0.3, 0.4) is 0 Å². The lowest BCUT2D eigenvalue weighted by molar-refractivity contribution is -0.157. The third-order valence-corrected chi connectivity index (χ3v) is 2.45. The number of hydrogen-bond donors (Lipinski definition) is 1. The predicted octanol–water partition coefficient (Wildman–Crippen LogP) is 4.23. The van der Waals surface area contributed by atoms with Gasteiger partial charge < -0.3 is 5.32 Å². The Bertz CT molecular complexity index is 358. The molecule has 1 nitrogen and oxygen atoms in total. The molecule has 18 heavy (non-hydrogen) atoms. The zero-order chi connectivity index (χ0) is 13.8. The first kappa shape index (κ1) is 14.9. The van der Waals surface area contributed by atoms with Crippen LogP contribution in [0.15, 0.2) is 24.3 Å². The molecule has 1 aromatic rings. The van der Waals surface area contributed by atoms with Crippen LogP contribution < -0.4 is 5.32 Å². The average Bonchev–Trinajstić information content (AvgIpc) is 2.28. The van der Waals surface area contributed by atoms with Crippen molar-refractivity contribution >= 4 is 0 Å².